The van der Waals surface area contributed by atoms with Crippen molar-refractivity contribution >= 4 is 23.4 Å². The second kappa shape index (κ2) is 8.03. The number of hydrogen-bond donors (Lipinski definition) is 2. The van der Waals surface area contributed by atoms with Gasteiger partial charge >= 0.3 is 11.8 Å². The van der Waals surface area contributed by atoms with Crippen LogP contribution in [-0.2, 0) is 9.59 Å². The summed E-state index contributed by atoms with van der Waals surface area (Å²) in [6.07, 6.45) is 4.42. The fourth-order valence-corrected chi connectivity index (χ4v) is 3.73. The van der Waals surface area contributed by atoms with Crippen LogP contribution in [0.2, 0.25) is 0 Å². The number of nitrogens with zero attached hydrogens (tertiary/aromatic N) is 2. The molecule has 1 aromatic carbocycles. The van der Waals surface area contributed by atoms with E-state index in [9.17, 15) is 14.4 Å². The van der Waals surface area contributed by atoms with E-state index in [0.29, 0.717) is 6.54 Å². The average Bonchev–Trinajstić information content (AvgIpc) is 2.66. The number of aromatic nitrogens is 1. The number of benzene rings is 1. The molecule has 0 unspecified atom stereocenters. The Morgan fingerprint density at radius 2 is 1.97 bits per heavy atom. The Kier molecular flexibility index (Phi) is 5.68. The monoisotopic (exact) mass is 394 g/mol. The van der Waals surface area contributed by atoms with Crippen LogP contribution in [-0.4, -0.2) is 34.2 Å². The third kappa shape index (κ3) is 4.80. The maximum absolute atomic E-state index is 13.1. The van der Waals surface area contributed by atoms with Crippen LogP contribution in [0.3, 0.4) is 0 Å². The molecule has 1 aromatic heterocycles. The van der Waals surface area contributed by atoms with Crippen molar-refractivity contribution in [2.75, 3.05) is 11.9 Å². The Morgan fingerprint density at radius 1 is 1.21 bits per heavy atom. The van der Waals surface area contributed by atoms with E-state index in [1.54, 1.807) is 4.90 Å². The standard InChI is InChI=1S/C22H26N4O3/c1-14-5-4-6-15(9-14)18-7-8-22(2,3)13-26(18)21(29)20(28)25-17-10-16(19(23)27)11-24-12-17/h4-6,9-12,18H,7-8,13H2,1-3H3,(H2,23,27)(H,25,28)/t18-/m0/s1. The Labute approximate surface area is 170 Å². The number of likely N-dealkylation sites (tertiary alicyclic amines) is 1. The SMILES string of the molecule is Cc1cccc([C@@H]2CCC(C)(C)CN2C(=O)C(=O)Nc2cncc(C(N)=O)c2)c1. The number of carbonyl (C=O) groups is 3. The summed E-state index contributed by atoms with van der Waals surface area (Å²) < 4.78 is 0. The molecule has 7 heteroatoms. The molecule has 7 nitrogen and oxygen atoms in total. The van der Waals surface area contributed by atoms with Gasteiger partial charge in [0.2, 0.25) is 5.91 Å². The summed E-state index contributed by atoms with van der Waals surface area (Å²) in [5, 5.41) is 2.54. The molecule has 2 aromatic rings. The molecule has 3 N–H and O–H groups in total. The van der Waals surface area contributed by atoms with E-state index >= 15 is 0 Å². The molecule has 0 aliphatic carbocycles. The molecule has 1 atom stereocenters. The highest BCUT2D eigenvalue weighted by molar-refractivity contribution is 6.39. The van der Waals surface area contributed by atoms with E-state index in [1.807, 2.05) is 25.1 Å². The van der Waals surface area contributed by atoms with Crippen LogP contribution in [0, 0.1) is 12.3 Å². The topological polar surface area (TPSA) is 105 Å². The number of nitrogens with one attached hydrogen (secondary N) is 1. The number of piperidine rings is 1. The zero-order chi connectivity index (χ0) is 21.2. The summed E-state index contributed by atoms with van der Waals surface area (Å²) in [4.78, 5) is 42.6. The predicted molar refractivity (Wildman–Crippen MR) is 110 cm³/mol. The summed E-state index contributed by atoms with van der Waals surface area (Å²) in [5.74, 6) is -2.02. The minimum atomic E-state index is -0.760. The molecular formula is C22H26N4O3. The summed E-state index contributed by atoms with van der Waals surface area (Å²) in [7, 11) is 0. The second-order valence-corrected chi connectivity index (χ2v) is 8.35. The third-order valence-corrected chi connectivity index (χ3v) is 5.23. The Bertz CT molecular complexity index is 955. The van der Waals surface area contributed by atoms with Crippen molar-refractivity contribution in [1.82, 2.24) is 9.88 Å². The van der Waals surface area contributed by atoms with Crippen LogP contribution in [0.4, 0.5) is 5.69 Å². The lowest BCUT2D eigenvalue weighted by atomic mass is 9.79. The van der Waals surface area contributed by atoms with Crippen molar-refractivity contribution in [1.29, 1.82) is 0 Å². The largest absolute Gasteiger partial charge is 0.366 e. The number of carbonyl (C=O) groups excluding carboxylic acids is 3. The normalized spacial score (nSPS) is 18.2. The molecule has 0 bridgehead atoms. The van der Waals surface area contributed by atoms with Crippen LogP contribution in [0.25, 0.3) is 0 Å². The highest BCUT2D eigenvalue weighted by Crippen LogP contribution is 2.39. The van der Waals surface area contributed by atoms with Crippen LogP contribution in [0.5, 0.6) is 0 Å². The molecule has 3 rings (SSSR count). The Morgan fingerprint density at radius 3 is 2.66 bits per heavy atom. The Balaban J connectivity index is 1.84. The van der Waals surface area contributed by atoms with Crippen molar-refractivity contribution in [3.63, 3.8) is 0 Å². The fourth-order valence-electron chi connectivity index (χ4n) is 3.73. The maximum Gasteiger partial charge on any atom is 0.313 e. The van der Waals surface area contributed by atoms with E-state index in [4.69, 9.17) is 5.73 Å². The molecular weight excluding hydrogens is 368 g/mol. The maximum atomic E-state index is 13.1. The van der Waals surface area contributed by atoms with E-state index < -0.39 is 17.7 Å². The molecule has 29 heavy (non-hydrogen) atoms. The van der Waals surface area contributed by atoms with Gasteiger partial charge in [0.25, 0.3) is 0 Å². The van der Waals surface area contributed by atoms with Gasteiger partial charge in [-0.3, -0.25) is 19.4 Å². The minimum Gasteiger partial charge on any atom is -0.366 e. The van der Waals surface area contributed by atoms with Crippen LogP contribution >= 0.6 is 0 Å². The molecule has 3 amide bonds. The molecule has 2 heterocycles. The highest BCUT2D eigenvalue weighted by atomic mass is 16.2. The number of rotatable bonds is 3. The molecule has 152 valence electrons. The third-order valence-electron chi connectivity index (χ3n) is 5.23. The van der Waals surface area contributed by atoms with Gasteiger partial charge in [-0.2, -0.15) is 0 Å². The first kappa shape index (κ1) is 20.5. The lowest BCUT2D eigenvalue weighted by Crippen LogP contribution is -2.49. The van der Waals surface area contributed by atoms with Crippen molar-refractivity contribution in [2.24, 2.45) is 11.1 Å². The van der Waals surface area contributed by atoms with Crippen molar-refractivity contribution in [3.8, 4) is 0 Å². The first-order valence-electron chi connectivity index (χ1n) is 9.60. The smallest absolute Gasteiger partial charge is 0.313 e. The second-order valence-electron chi connectivity index (χ2n) is 8.35. The summed E-state index contributed by atoms with van der Waals surface area (Å²) in [6.45, 7) is 6.68. The van der Waals surface area contributed by atoms with Gasteiger partial charge in [0.15, 0.2) is 0 Å². The molecule has 0 radical (unpaired) electrons. The Hall–Kier alpha value is -3.22. The van der Waals surface area contributed by atoms with Gasteiger partial charge in [0.05, 0.1) is 23.5 Å². The number of pyridine rings is 1. The first-order valence-corrected chi connectivity index (χ1v) is 9.60. The van der Waals surface area contributed by atoms with Gasteiger partial charge in [-0.25, -0.2) is 0 Å². The number of anilines is 1. The van der Waals surface area contributed by atoms with Crippen LogP contribution in [0.15, 0.2) is 42.7 Å². The number of aryl methyl sites for hydroxylation is 1. The number of amides is 3. The molecule has 0 spiro atoms. The summed E-state index contributed by atoms with van der Waals surface area (Å²) >= 11 is 0. The number of nitrogens with two attached hydrogens (primary N) is 1. The lowest BCUT2D eigenvalue weighted by Gasteiger charge is -2.43. The number of hydrogen-bond acceptors (Lipinski definition) is 4. The lowest BCUT2D eigenvalue weighted by molar-refractivity contribution is -0.147. The fraction of sp³-hybridized carbons (Fsp3) is 0.364. The number of primary amides is 1. The van der Waals surface area contributed by atoms with Crippen molar-refractivity contribution < 1.29 is 14.4 Å². The first-order chi connectivity index (χ1) is 13.7. The van der Waals surface area contributed by atoms with E-state index in [0.717, 1.165) is 24.0 Å². The van der Waals surface area contributed by atoms with Crippen molar-refractivity contribution in [2.45, 2.75) is 39.7 Å². The predicted octanol–water partition coefficient (Wildman–Crippen LogP) is 2.82. The molecule has 1 aliphatic heterocycles. The van der Waals surface area contributed by atoms with Gasteiger partial charge in [-0.15, -0.1) is 0 Å². The van der Waals surface area contributed by atoms with Gasteiger partial charge < -0.3 is 16.0 Å². The molecule has 1 fully saturated rings. The minimum absolute atomic E-state index is 0.0797. The molecule has 0 saturated carbocycles. The zero-order valence-corrected chi connectivity index (χ0v) is 16.9. The zero-order valence-electron chi connectivity index (χ0n) is 16.9. The van der Waals surface area contributed by atoms with Gasteiger partial charge in [0, 0.05) is 12.7 Å². The summed E-state index contributed by atoms with van der Waals surface area (Å²) in [5.41, 5.74) is 7.72. The van der Waals surface area contributed by atoms with E-state index in [2.05, 4.69) is 30.2 Å². The van der Waals surface area contributed by atoms with E-state index in [-0.39, 0.29) is 22.7 Å². The van der Waals surface area contributed by atoms with Gasteiger partial charge in [-0.1, -0.05) is 43.7 Å². The summed E-state index contributed by atoms with van der Waals surface area (Å²) in [6, 6.07) is 9.27. The molecule has 1 saturated heterocycles. The average molecular weight is 394 g/mol. The highest BCUT2D eigenvalue weighted by Gasteiger charge is 2.38. The van der Waals surface area contributed by atoms with Gasteiger partial charge in [0.1, 0.15) is 0 Å². The van der Waals surface area contributed by atoms with Crippen LogP contribution in [0.1, 0.15) is 54.2 Å². The molecule has 1 aliphatic rings. The van der Waals surface area contributed by atoms with E-state index in [1.165, 1.54) is 18.5 Å². The quantitative estimate of drug-likeness (QED) is 0.781. The van der Waals surface area contributed by atoms with Gasteiger partial charge in [-0.05, 0) is 36.8 Å². The van der Waals surface area contributed by atoms with Crippen molar-refractivity contribution in [3.05, 3.63) is 59.4 Å². The van der Waals surface area contributed by atoms with Crippen LogP contribution < -0.4 is 11.1 Å².